The molecule has 0 heterocycles. The molecule has 0 aliphatic heterocycles. The number of fused-ring (bicyclic) bond motifs is 3. The Bertz CT molecular complexity index is 650. The number of nitrogens with one attached hydrogen (secondary N) is 1. The number of hydrogen-bond acceptors (Lipinski definition) is 1. The molecule has 1 N–H and O–H groups in total. The molecule has 2 aromatic carbocycles. The molecule has 2 aliphatic rings. The molecule has 0 atom stereocenters. The quantitative estimate of drug-likeness (QED) is 0.278. The van der Waals surface area contributed by atoms with Crippen LogP contribution in [0.1, 0.15) is 43.2 Å². The molecule has 2 aromatic rings. The van der Waals surface area contributed by atoms with Crippen LogP contribution in [0.25, 0.3) is 16.9 Å². The van der Waals surface area contributed by atoms with E-state index in [1.807, 2.05) is 6.07 Å². The SMILES string of the molecule is [CH3-].[CH3-].[Cl][Zr][Cl].[NH-]C(=O)C1CCCCC1.[SiH3].[c-]1cccc2c1Cc1ccccc1-2. The number of halogens is 2. The predicted octanol–water partition coefficient (Wildman–Crippen LogP) is 6.30. The fourth-order valence-corrected chi connectivity index (χ4v) is 3.36. The van der Waals surface area contributed by atoms with Crippen LogP contribution in [0.15, 0.2) is 42.5 Å². The van der Waals surface area contributed by atoms with Crippen molar-refractivity contribution in [2.45, 2.75) is 38.5 Å². The average Bonchev–Trinajstić information content (AvgIpc) is 3.02. The smallest absolute Gasteiger partial charge is 0.0519 e. The molecule has 28 heavy (non-hydrogen) atoms. The van der Waals surface area contributed by atoms with Gasteiger partial charge in [0.15, 0.2) is 0 Å². The van der Waals surface area contributed by atoms with E-state index in [1.54, 1.807) is 0 Å². The van der Waals surface area contributed by atoms with Crippen molar-refractivity contribution in [1.29, 1.82) is 0 Å². The molecule has 6 heteroatoms. The van der Waals surface area contributed by atoms with E-state index < -0.39 is 20.8 Å². The van der Waals surface area contributed by atoms with Gasteiger partial charge in [-0.05, 0) is 30.2 Å². The van der Waals surface area contributed by atoms with Crippen LogP contribution in [0.5, 0.6) is 0 Å². The Morgan fingerprint density at radius 1 is 1.00 bits per heavy atom. The number of carbonyl (C=O) groups excluding carboxylic acids is 1. The Kier molecular flexibility index (Phi) is 17.4. The van der Waals surface area contributed by atoms with E-state index in [0.717, 1.165) is 32.1 Å². The molecule has 2 aliphatic carbocycles. The maximum atomic E-state index is 10.5. The molecule has 4 rings (SSSR count). The molecule has 1 saturated carbocycles. The first-order valence-electron chi connectivity index (χ1n) is 8.47. The van der Waals surface area contributed by atoms with Crippen LogP contribution in [0, 0.1) is 26.8 Å². The molecule has 1 fully saturated rings. The molecule has 0 spiro atoms. The van der Waals surface area contributed by atoms with Crippen LogP contribution >= 0.6 is 17.0 Å². The molecule has 2 nitrogen and oxygen atoms in total. The Balaban J connectivity index is 0. The normalized spacial score (nSPS) is 13.2. The van der Waals surface area contributed by atoms with E-state index in [2.05, 4.69) is 42.5 Å². The second-order valence-electron chi connectivity index (χ2n) is 6.17. The maximum absolute atomic E-state index is 10.5. The van der Waals surface area contributed by atoms with Gasteiger partial charge in [-0.1, -0.05) is 54.7 Å². The summed E-state index contributed by atoms with van der Waals surface area (Å²) < 4.78 is 0. The van der Waals surface area contributed by atoms with Gasteiger partial charge >= 0.3 is 37.9 Å². The fraction of sp³-hybridized carbons (Fsp3) is 0.318. The van der Waals surface area contributed by atoms with Gasteiger partial charge in [-0.2, -0.15) is 29.8 Å². The number of benzene rings is 2. The van der Waals surface area contributed by atoms with E-state index >= 15 is 0 Å². The molecule has 0 bridgehead atoms. The Labute approximate surface area is 194 Å². The number of amides is 1. The molecule has 0 unspecified atom stereocenters. The average molecular weight is 515 g/mol. The predicted molar refractivity (Wildman–Crippen MR) is 124 cm³/mol. The van der Waals surface area contributed by atoms with E-state index in [4.69, 9.17) is 22.8 Å². The minimum atomic E-state index is -0.826. The largest absolute Gasteiger partial charge is 0.668 e. The third-order valence-corrected chi connectivity index (χ3v) is 4.59. The first-order chi connectivity index (χ1) is 12.2. The second kappa shape index (κ2) is 16.4. The Morgan fingerprint density at radius 3 is 2.14 bits per heavy atom. The van der Waals surface area contributed by atoms with Crippen molar-refractivity contribution < 1.29 is 25.6 Å². The van der Waals surface area contributed by atoms with Crippen LogP contribution in [0.3, 0.4) is 0 Å². The van der Waals surface area contributed by atoms with E-state index in [-0.39, 0.29) is 37.6 Å². The maximum Gasteiger partial charge on any atom is 0.0519 e. The van der Waals surface area contributed by atoms with Crippen LogP contribution < -0.4 is 0 Å². The third-order valence-electron chi connectivity index (χ3n) is 4.59. The zero-order valence-electron chi connectivity index (χ0n) is 17.0. The van der Waals surface area contributed by atoms with Gasteiger partial charge in [-0.25, -0.2) is 0 Å². The Hall–Kier alpha value is -0.410. The van der Waals surface area contributed by atoms with Gasteiger partial charge in [-0.3, -0.25) is 0 Å². The molecule has 0 aromatic heterocycles. The van der Waals surface area contributed by atoms with Gasteiger partial charge in [0, 0.05) is 5.92 Å². The summed E-state index contributed by atoms with van der Waals surface area (Å²) in [5, 5.41) is 0. The summed E-state index contributed by atoms with van der Waals surface area (Å²) in [6.07, 6.45) is 6.52. The Morgan fingerprint density at radius 2 is 1.57 bits per heavy atom. The van der Waals surface area contributed by atoms with Gasteiger partial charge in [0.1, 0.15) is 0 Å². The van der Waals surface area contributed by atoms with Crippen LogP contribution in [0.4, 0.5) is 0 Å². The molecule has 1 amide bonds. The number of carbonyl (C=O) groups is 1. The van der Waals surface area contributed by atoms with Crippen molar-refractivity contribution in [3.8, 4) is 11.1 Å². The second-order valence-corrected chi connectivity index (χ2v) is 9.90. The molecular formula is C22H30Cl2NOSiZr-4. The molecular weight excluding hydrogens is 484 g/mol. The summed E-state index contributed by atoms with van der Waals surface area (Å²) in [6.45, 7) is 0. The van der Waals surface area contributed by atoms with Gasteiger partial charge in [-0.15, -0.1) is 5.56 Å². The third kappa shape index (κ3) is 8.95. The molecule has 1 radical (unpaired) electrons. The van der Waals surface area contributed by atoms with Crippen molar-refractivity contribution in [3.63, 3.8) is 0 Å². The summed E-state index contributed by atoms with van der Waals surface area (Å²) in [7, 11) is 9.87. The van der Waals surface area contributed by atoms with Crippen LogP contribution in [0.2, 0.25) is 0 Å². The standard InChI is InChI=1S/C13H9.C7H13NO.2CH3.2ClH.H3Si.Zr/c1-3-7-12-10(5-1)9-11-6-2-4-8-13(11)12;8-7(9)6-4-2-1-3-5-6;;;;;;/h1-5,7-8H,9H2;6H,1-5H2,(H2,8,9);2*1H3;2*1H;1H3;/q-1;;2*-1;;;;+2/p-3. The van der Waals surface area contributed by atoms with E-state index in [1.165, 1.54) is 28.7 Å². The van der Waals surface area contributed by atoms with Crippen LogP contribution in [-0.4, -0.2) is 16.9 Å². The van der Waals surface area contributed by atoms with E-state index in [9.17, 15) is 4.79 Å². The number of hydrogen-bond donors (Lipinski definition) is 0. The summed E-state index contributed by atoms with van der Waals surface area (Å²) >= 11 is -0.826. The van der Waals surface area contributed by atoms with Gasteiger partial charge < -0.3 is 25.4 Å². The van der Waals surface area contributed by atoms with Gasteiger partial charge in [0.2, 0.25) is 0 Å². The monoisotopic (exact) mass is 512 g/mol. The van der Waals surface area contributed by atoms with Crippen LogP contribution in [-0.2, 0) is 32.1 Å². The van der Waals surface area contributed by atoms with Crippen molar-refractivity contribution >= 4 is 33.9 Å². The van der Waals surface area contributed by atoms with E-state index in [0.29, 0.717) is 0 Å². The van der Waals surface area contributed by atoms with Crippen molar-refractivity contribution in [3.05, 3.63) is 80.2 Å². The zero-order chi connectivity index (χ0) is 18.1. The summed E-state index contributed by atoms with van der Waals surface area (Å²) in [5.74, 6) is -0.270. The summed E-state index contributed by atoms with van der Waals surface area (Å²) in [4.78, 5) is 10.5. The summed E-state index contributed by atoms with van der Waals surface area (Å²) in [6, 6.07) is 18.1. The molecule has 155 valence electrons. The minimum Gasteiger partial charge on any atom is -0.668 e. The molecule has 0 saturated heterocycles. The topological polar surface area (TPSA) is 40.9 Å². The van der Waals surface area contributed by atoms with Crippen molar-refractivity contribution in [2.24, 2.45) is 5.92 Å². The minimum absolute atomic E-state index is 0. The first-order valence-corrected chi connectivity index (χ1v) is 14.8. The van der Waals surface area contributed by atoms with Crippen molar-refractivity contribution in [2.75, 3.05) is 0 Å². The summed E-state index contributed by atoms with van der Waals surface area (Å²) in [5.41, 5.74) is 12.3. The van der Waals surface area contributed by atoms with Gasteiger partial charge in [0.25, 0.3) is 0 Å². The fourth-order valence-electron chi connectivity index (χ4n) is 3.36. The van der Waals surface area contributed by atoms with Gasteiger partial charge in [0.05, 0.1) is 5.91 Å². The zero-order valence-corrected chi connectivity index (χ0v) is 23.0. The van der Waals surface area contributed by atoms with Crippen molar-refractivity contribution in [1.82, 2.24) is 0 Å². The number of rotatable bonds is 1. The first kappa shape index (κ1) is 29.8.